The fourth-order valence-corrected chi connectivity index (χ4v) is 4.70. The summed E-state index contributed by atoms with van der Waals surface area (Å²) in [5.41, 5.74) is 3.37. The third-order valence-corrected chi connectivity index (χ3v) is 6.57. The maximum atomic E-state index is 12.9. The highest BCUT2D eigenvalue weighted by atomic mass is 32.2. The number of nitrogens with zero attached hydrogens (tertiary/aromatic N) is 2. The predicted molar refractivity (Wildman–Crippen MR) is 105 cm³/mol. The number of amides is 1. The lowest BCUT2D eigenvalue weighted by atomic mass is 9.97. The van der Waals surface area contributed by atoms with Gasteiger partial charge in [-0.05, 0) is 57.1 Å². The molecule has 0 saturated carbocycles. The molecule has 0 bridgehead atoms. The van der Waals surface area contributed by atoms with Crippen molar-refractivity contribution in [2.45, 2.75) is 51.5 Å². The number of rotatable bonds is 6. The van der Waals surface area contributed by atoms with Gasteiger partial charge in [-0.3, -0.25) is 4.79 Å². The van der Waals surface area contributed by atoms with Crippen LogP contribution >= 0.6 is 0 Å². The summed E-state index contributed by atoms with van der Waals surface area (Å²) in [7, 11) is -3.43. The topological polar surface area (TPSA) is 57.7 Å². The van der Waals surface area contributed by atoms with Gasteiger partial charge in [-0.2, -0.15) is 4.31 Å². The fourth-order valence-electron chi connectivity index (χ4n) is 3.93. The number of benzene rings is 1. The Kier molecular flexibility index (Phi) is 5.82. The third-order valence-electron chi connectivity index (χ3n) is 5.32. The Labute approximate surface area is 156 Å². The van der Waals surface area contributed by atoms with Crippen molar-refractivity contribution in [3.63, 3.8) is 0 Å². The Hall–Kier alpha value is -1.66. The van der Waals surface area contributed by atoms with Gasteiger partial charge in [0, 0.05) is 18.3 Å². The Bertz CT molecular complexity index is 801. The molecule has 0 N–H and O–H groups in total. The van der Waals surface area contributed by atoms with Gasteiger partial charge in [-0.15, -0.1) is 0 Å². The second-order valence-corrected chi connectivity index (χ2v) is 9.38. The van der Waals surface area contributed by atoms with Gasteiger partial charge in [0.1, 0.15) is 0 Å². The van der Waals surface area contributed by atoms with E-state index < -0.39 is 10.0 Å². The normalized spacial score (nSPS) is 20.2. The van der Waals surface area contributed by atoms with E-state index in [1.807, 2.05) is 31.2 Å². The van der Waals surface area contributed by atoms with Crippen molar-refractivity contribution < 1.29 is 13.2 Å². The molecule has 1 atom stereocenters. The second kappa shape index (κ2) is 7.92. The average Bonchev–Trinajstić information content (AvgIpc) is 2.94. The zero-order valence-electron chi connectivity index (χ0n) is 15.6. The first kappa shape index (κ1) is 19.1. The number of hydrogen-bond acceptors (Lipinski definition) is 3. The molecule has 0 radical (unpaired) electrons. The van der Waals surface area contributed by atoms with Crippen molar-refractivity contribution in [1.82, 2.24) is 4.31 Å². The number of fused-ring (bicyclic) bond motifs is 1. The Morgan fingerprint density at radius 3 is 2.73 bits per heavy atom. The molecule has 1 heterocycles. The molecule has 142 valence electrons. The van der Waals surface area contributed by atoms with E-state index in [1.54, 1.807) is 4.90 Å². The van der Waals surface area contributed by atoms with Crippen LogP contribution in [0, 0.1) is 0 Å². The molecule has 1 aliphatic heterocycles. The van der Waals surface area contributed by atoms with Crippen LogP contribution in [0.3, 0.4) is 0 Å². The average molecular weight is 377 g/mol. The van der Waals surface area contributed by atoms with Gasteiger partial charge >= 0.3 is 0 Å². The van der Waals surface area contributed by atoms with E-state index in [1.165, 1.54) is 29.0 Å². The van der Waals surface area contributed by atoms with Gasteiger partial charge in [0.15, 0.2) is 0 Å². The van der Waals surface area contributed by atoms with Gasteiger partial charge in [0.05, 0.1) is 12.8 Å². The molecule has 1 aliphatic carbocycles. The van der Waals surface area contributed by atoms with Crippen molar-refractivity contribution >= 4 is 21.6 Å². The van der Waals surface area contributed by atoms with Crippen LogP contribution in [-0.4, -0.2) is 44.0 Å². The van der Waals surface area contributed by atoms with Crippen LogP contribution in [0.25, 0.3) is 0 Å². The summed E-state index contributed by atoms with van der Waals surface area (Å²) in [6, 6.07) is 7.92. The number of hydrogen-bond donors (Lipinski definition) is 0. The minimum absolute atomic E-state index is 0.0577. The molecule has 26 heavy (non-hydrogen) atoms. The molecule has 3 rings (SSSR count). The first-order valence-corrected chi connectivity index (χ1v) is 11.2. The Balaban J connectivity index is 1.70. The molecule has 1 amide bonds. The molecule has 0 fully saturated rings. The van der Waals surface area contributed by atoms with Gasteiger partial charge in [0.2, 0.25) is 15.9 Å². The van der Waals surface area contributed by atoms with Crippen molar-refractivity contribution in [3.8, 4) is 0 Å². The first-order valence-electron chi connectivity index (χ1n) is 9.39. The van der Waals surface area contributed by atoms with Crippen LogP contribution in [-0.2, 0) is 21.2 Å². The molecule has 2 aliphatic rings. The van der Waals surface area contributed by atoms with Crippen LogP contribution in [0.2, 0.25) is 0 Å². The zero-order chi connectivity index (χ0) is 18.7. The summed E-state index contributed by atoms with van der Waals surface area (Å²) in [5, 5.41) is 0. The number of carbonyl (C=O) groups excluding carboxylic acids is 1. The van der Waals surface area contributed by atoms with E-state index in [2.05, 4.69) is 6.08 Å². The van der Waals surface area contributed by atoms with Gasteiger partial charge in [0.25, 0.3) is 0 Å². The summed E-state index contributed by atoms with van der Waals surface area (Å²) in [4.78, 5) is 14.7. The number of carbonyl (C=O) groups is 1. The number of anilines is 1. The summed E-state index contributed by atoms with van der Waals surface area (Å²) in [6.07, 6.45) is 9.45. The van der Waals surface area contributed by atoms with Crippen molar-refractivity contribution in [1.29, 1.82) is 0 Å². The molecule has 1 aromatic carbocycles. The minimum atomic E-state index is -3.43. The van der Waals surface area contributed by atoms with Crippen molar-refractivity contribution in [2.24, 2.45) is 0 Å². The summed E-state index contributed by atoms with van der Waals surface area (Å²) < 4.78 is 25.8. The highest BCUT2D eigenvalue weighted by molar-refractivity contribution is 7.88. The van der Waals surface area contributed by atoms with Crippen molar-refractivity contribution in [2.75, 3.05) is 24.2 Å². The number of para-hydroxylation sites is 1. The lowest BCUT2D eigenvalue weighted by molar-refractivity contribution is -0.119. The van der Waals surface area contributed by atoms with Crippen LogP contribution < -0.4 is 4.90 Å². The molecule has 1 aromatic rings. The summed E-state index contributed by atoms with van der Waals surface area (Å²) in [6.45, 7) is 2.29. The van der Waals surface area contributed by atoms with E-state index in [-0.39, 0.29) is 18.5 Å². The van der Waals surface area contributed by atoms with E-state index in [0.717, 1.165) is 30.5 Å². The molecule has 0 aromatic heterocycles. The zero-order valence-corrected chi connectivity index (χ0v) is 16.5. The molecular weight excluding hydrogens is 348 g/mol. The van der Waals surface area contributed by atoms with Crippen LogP contribution in [0.4, 0.5) is 5.69 Å². The molecule has 0 saturated heterocycles. The number of allylic oxidation sites excluding steroid dienone is 1. The van der Waals surface area contributed by atoms with Crippen LogP contribution in [0.5, 0.6) is 0 Å². The number of sulfonamides is 1. The SMILES string of the molecule is CC1Cc2ccccc2N1C(=O)CN(CCC1=CCCCC1)S(C)(=O)=O. The molecule has 5 nitrogen and oxygen atoms in total. The lowest BCUT2D eigenvalue weighted by Crippen LogP contribution is -2.45. The highest BCUT2D eigenvalue weighted by Crippen LogP contribution is 2.32. The monoisotopic (exact) mass is 376 g/mol. The molecular formula is C20H28N2O3S. The maximum Gasteiger partial charge on any atom is 0.242 e. The lowest BCUT2D eigenvalue weighted by Gasteiger charge is -2.27. The van der Waals surface area contributed by atoms with Gasteiger partial charge in [-0.25, -0.2) is 8.42 Å². The van der Waals surface area contributed by atoms with E-state index >= 15 is 0 Å². The van der Waals surface area contributed by atoms with Gasteiger partial charge in [-0.1, -0.05) is 29.8 Å². The highest BCUT2D eigenvalue weighted by Gasteiger charge is 2.32. The largest absolute Gasteiger partial charge is 0.308 e. The van der Waals surface area contributed by atoms with Crippen LogP contribution in [0.15, 0.2) is 35.9 Å². The van der Waals surface area contributed by atoms with Crippen molar-refractivity contribution in [3.05, 3.63) is 41.5 Å². The predicted octanol–water partition coefficient (Wildman–Crippen LogP) is 3.12. The molecule has 1 unspecified atom stereocenters. The van der Waals surface area contributed by atoms with Gasteiger partial charge < -0.3 is 4.90 Å². The first-order chi connectivity index (χ1) is 12.4. The smallest absolute Gasteiger partial charge is 0.242 e. The van der Waals surface area contributed by atoms with Crippen LogP contribution in [0.1, 0.15) is 44.6 Å². The summed E-state index contributed by atoms with van der Waals surface area (Å²) >= 11 is 0. The fraction of sp³-hybridized carbons (Fsp3) is 0.550. The maximum absolute atomic E-state index is 12.9. The standard InChI is InChI=1S/C20H28N2O3S/c1-16-14-18-10-6-7-11-19(18)22(16)20(23)15-21(26(2,24)25)13-12-17-8-4-3-5-9-17/h6-8,10-11,16H,3-5,9,12-15H2,1-2H3. The second-order valence-electron chi connectivity index (χ2n) is 7.40. The Morgan fingerprint density at radius 1 is 1.27 bits per heavy atom. The third kappa shape index (κ3) is 4.35. The van der Waals surface area contributed by atoms with E-state index in [9.17, 15) is 13.2 Å². The minimum Gasteiger partial charge on any atom is -0.308 e. The van der Waals surface area contributed by atoms with E-state index in [0.29, 0.717) is 13.0 Å². The molecule has 6 heteroatoms. The Morgan fingerprint density at radius 2 is 2.04 bits per heavy atom. The molecule has 0 spiro atoms. The quantitative estimate of drug-likeness (QED) is 0.717. The van der Waals surface area contributed by atoms with E-state index in [4.69, 9.17) is 0 Å². The summed E-state index contributed by atoms with van der Waals surface area (Å²) in [5.74, 6) is -0.148.